The van der Waals surface area contributed by atoms with Gasteiger partial charge in [0.05, 0.1) is 4.92 Å². The number of anilines is 1. The van der Waals surface area contributed by atoms with Crippen LogP contribution in [-0.4, -0.2) is 22.9 Å². The number of nitrogens with zero attached hydrogens (tertiary/aromatic N) is 2. The van der Waals surface area contributed by atoms with Gasteiger partial charge in [-0.05, 0) is 37.4 Å². The zero-order valence-electron chi connectivity index (χ0n) is 12.2. The molecule has 0 bridgehead atoms. The van der Waals surface area contributed by atoms with Gasteiger partial charge in [0.2, 0.25) is 0 Å². The summed E-state index contributed by atoms with van der Waals surface area (Å²) in [5, 5.41) is 13.0. The second-order valence-electron chi connectivity index (χ2n) is 5.15. The lowest BCUT2D eigenvalue weighted by atomic mass is 10.1. The van der Waals surface area contributed by atoms with E-state index < -0.39 is 4.92 Å². The third-order valence-electron chi connectivity index (χ3n) is 3.62. The van der Waals surface area contributed by atoms with Crippen molar-refractivity contribution in [1.29, 1.82) is 0 Å². The zero-order valence-corrected chi connectivity index (χ0v) is 13.0. The highest BCUT2D eigenvalue weighted by Gasteiger charge is 2.17. The monoisotopic (exact) mass is 305 g/mol. The maximum absolute atomic E-state index is 10.9. The van der Waals surface area contributed by atoms with Crippen LogP contribution in [0.3, 0.4) is 0 Å². The molecule has 2 aromatic rings. The summed E-state index contributed by atoms with van der Waals surface area (Å²) < 4.78 is 0. The van der Waals surface area contributed by atoms with Crippen LogP contribution in [0.2, 0.25) is 0 Å². The molecule has 21 heavy (non-hydrogen) atoms. The average molecular weight is 305 g/mol. The molecule has 6 heteroatoms. The molecule has 1 aromatic carbocycles. The Balaban J connectivity index is 2.07. The first-order chi connectivity index (χ1) is 9.99. The van der Waals surface area contributed by atoms with Crippen LogP contribution in [0.1, 0.15) is 17.4 Å². The minimum atomic E-state index is -0.437. The van der Waals surface area contributed by atoms with Crippen LogP contribution in [0.5, 0.6) is 0 Å². The van der Waals surface area contributed by atoms with Gasteiger partial charge in [0, 0.05) is 23.5 Å². The molecule has 112 valence electrons. The van der Waals surface area contributed by atoms with Gasteiger partial charge in [0.15, 0.2) is 0 Å². The van der Waals surface area contributed by atoms with Crippen molar-refractivity contribution in [3.63, 3.8) is 0 Å². The normalized spacial score (nSPS) is 12.5. The van der Waals surface area contributed by atoms with E-state index in [0.29, 0.717) is 12.6 Å². The number of thiophene rings is 1. The highest BCUT2D eigenvalue weighted by atomic mass is 32.1. The van der Waals surface area contributed by atoms with Gasteiger partial charge in [-0.2, -0.15) is 0 Å². The number of nitro benzene ring substituents is 1. The number of para-hydroxylation sites is 1. The molecule has 0 aliphatic carbocycles. The van der Waals surface area contributed by atoms with Crippen molar-refractivity contribution < 1.29 is 4.92 Å². The van der Waals surface area contributed by atoms with E-state index >= 15 is 0 Å². The number of likely N-dealkylation sites (N-methyl/N-ethyl adjacent to an activating group) is 1. The molecule has 5 nitrogen and oxygen atoms in total. The maximum atomic E-state index is 10.9. The molecular formula is C15H19N3O2S. The SMILES string of the molecule is CC(Cc1cccs1)N(C)Cc1cccc([N+](=O)[O-])c1N. The van der Waals surface area contributed by atoms with Crippen LogP contribution in [-0.2, 0) is 13.0 Å². The van der Waals surface area contributed by atoms with E-state index in [2.05, 4.69) is 23.3 Å². The van der Waals surface area contributed by atoms with Gasteiger partial charge in [-0.3, -0.25) is 15.0 Å². The lowest BCUT2D eigenvalue weighted by Crippen LogP contribution is -2.30. The summed E-state index contributed by atoms with van der Waals surface area (Å²) in [4.78, 5) is 14.0. The van der Waals surface area contributed by atoms with Crippen molar-refractivity contribution in [3.8, 4) is 0 Å². The Kier molecular flexibility index (Phi) is 4.93. The van der Waals surface area contributed by atoms with Crippen LogP contribution in [0, 0.1) is 10.1 Å². The topological polar surface area (TPSA) is 72.4 Å². The number of benzene rings is 1. The summed E-state index contributed by atoms with van der Waals surface area (Å²) in [6, 6.07) is 9.47. The van der Waals surface area contributed by atoms with E-state index in [1.165, 1.54) is 10.9 Å². The fourth-order valence-corrected chi connectivity index (χ4v) is 3.02. The van der Waals surface area contributed by atoms with Crippen molar-refractivity contribution >= 4 is 22.7 Å². The summed E-state index contributed by atoms with van der Waals surface area (Å²) in [6.07, 6.45) is 0.961. The lowest BCUT2D eigenvalue weighted by molar-refractivity contribution is -0.384. The molecule has 2 rings (SSSR count). The van der Waals surface area contributed by atoms with E-state index in [9.17, 15) is 10.1 Å². The Morgan fingerprint density at radius 2 is 2.14 bits per heavy atom. The number of hydrogen-bond acceptors (Lipinski definition) is 5. The third kappa shape index (κ3) is 3.80. The van der Waals surface area contributed by atoms with Gasteiger partial charge in [-0.1, -0.05) is 18.2 Å². The van der Waals surface area contributed by atoms with Crippen molar-refractivity contribution in [2.24, 2.45) is 0 Å². The average Bonchev–Trinajstić information content (AvgIpc) is 2.93. The number of nitrogen functional groups attached to an aromatic ring is 1. The summed E-state index contributed by atoms with van der Waals surface area (Å²) in [7, 11) is 2.01. The fraction of sp³-hybridized carbons (Fsp3) is 0.333. The van der Waals surface area contributed by atoms with Crippen LogP contribution >= 0.6 is 11.3 Å². The predicted molar refractivity (Wildman–Crippen MR) is 86.5 cm³/mol. The summed E-state index contributed by atoms with van der Waals surface area (Å²) in [6.45, 7) is 2.74. The first-order valence-corrected chi connectivity index (χ1v) is 7.61. The van der Waals surface area contributed by atoms with Gasteiger partial charge >= 0.3 is 0 Å². The Morgan fingerprint density at radius 3 is 2.76 bits per heavy atom. The molecular weight excluding hydrogens is 286 g/mol. The standard InChI is InChI=1S/C15H19N3O2S/c1-11(9-13-6-4-8-21-13)17(2)10-12-5-3-7-14(15(12)16)18(19)20/h3-8,11H,9-10,16H2,1-2H3. The maximum Gasteiger partial charge on any atom is 0.292 e. The quantitative estimate of drug-likeness (QED) is 0.505. The molecule has 0 amide bonds. The first kappa shape index (κ1) is 15.5. The van der Waals surface area contributed by atoms with Crippen molar-refractivity contribution in [2.75, 3.05) is 12.8 Å². The molecule has 1 unspecified atom stereocenters. The van der Waals surface area contributed by atoms with Gasteiger partial charge in [0.25, 0.3) is 5.69 Å². The van der Waals surface area contributed by atoms with Crippen molar-refractivity contribution in [3.05, 3.63) is 56.3 Å². The first-order valence-electron chi connectivity index (χ1n) is 6.73. The minimum absolute atomic E-state index is 0.0215. The second-order valence-corrected chi connectivity index (χ2v) is 6.19. The Bertz CT molecular complexity index is 613. The molecule has 0 radical (unpaired) electrons. The number of nitro groups is 1. The molecule has 0 aliphatic heterocycles. The number of rotatable bonds is 6. The lowest BCUT2D eigenvalue weighted by Gasteiger charge is -2.24. The van der Waals surface area contributed by atoms with Gasteiger partial charge in [-0.25, -0.2) is 0 Å². The smallest absolute Gasteiger partial charge is 0.292 e. The summed E-state index contributed by atoms with van der Waals surface area (Å²) in [5.41, 5.74) is 6.94. The predicted octanol–water partition coefficient (Wildman–Crippen LogP) is 3.30. The van der Waals surface area contributed by atoms with E-state index in [4.69, 9.17) is 5.73 Å². The highest BCUT2D eigenvalue weighted by Crippen LogP contribution is 2.26. The third-order valence-corrected chi connectivity index (χ3v) is 4.52. The number of hydrogen-bond donors (Lipinski definition) is 1. The van der Waals surface area contributed by atoms with Crippen molar-refractivity contribution in [2.45, 2.75) is 25.9 Å². The molecule has 0 saturated heterocycles. The highest BCUT2D eigenvalue weighted by molar-refractivity contribution is 7.09. The molecule has 0 spiro atoms. The van der Waals surface area contributed by atoms with Crippen LogP contribution in [0.4, 0.5) is 11.4 Å². The molecule has 0 fully saturated rings. The largest absolute Gasteiger partial charge is 0.393 e. The number of nitrogens with two attached hydrogens (primary N) is 1. The Labute approximate surface area is 128 Å². The molecule has 1 heterocycles. The van der Waals surface area contributed by atoms with Crippen LogP contribution in [0.15, 0.2) is 35.7 Å². The molecule has 1 atom stereocenters. The minimum Gasteiger partial charge on any atom is -0.393 e. The van der Waals surface area contributed by atoms with Crippen LogP contribution in [0.25, 0.3) is 0 Å². The molecule has 0 saturated carbocycles. The Hall–Kier alpha value is -1.92. The fourth-order valence-electron chi connectivity index (χ4n) is 2.20. The van der Waals surface area contributed by atoms with Crippen LogP contribution < -0.4 is 5.73 Å². The van der Waals surface area contributed by atoms with E-state index in [0.717, 1.165) is 12.0 Å². The summed E-state index contributed by atoms with van der Waals surface area (Å²) >= 11 is 1.74. The molecule has 2 N–H and O–H groups in total. The van der Waals surface area contributed by atoms with E-state index in [-0.39, 0.29) is 11.4 Å². The zero-order chi connectivity index (χ0) is 15.4. The Morgan fingerprint density at radius 1 is 1.38 bits per heavy atom. The molecule has 1 aromatic heterocycles. The van der Waals surface area contributed by atoms with Gasteiger partial charge in [-0.15, -0.1) is 11.3 Å². The van der Waals surface area contributed by atoms with Crippen molar-refractivity contribution in [1.82, 2.24) is 4.90 Å². The van der Waals surface area contributed by atoms with E-state index in [1.807, 2.05) is 19.2 Å². The molecule has 0 aliphatic rings. The van der Waals surface area contributed by atoms with Gasteiger partial charge < -0.3 is 5.73 Å². The van der Waals surface area contributed by atoms with Gasteiger partial charge in [0.1, 0.15) is 5.69 Å². The summed E-state index contributed by atoms with van der Waals surface area (Å²) in [5.74, 6) is 0. The second kappa shape index (κ2) is 6.69. The van der Waals surface area contributed by atoms with E-state index in [1.54, 1.807) is 17.4 Å².